The van der Waals surface area contributed by atoms with Crippen LogP contribution in [0.1, 0.15) is 53.2 Å². The summed E-state index contributed by atoms with van der Waals surface area (Å²) < 4.78 is 26.1. The van der Waals surface area contributed by atoms with Crippen molar-refractivity contribution in [2.24, 2.45) is 0 Å². The highest BCUT2D eigenvalue weighted by Crippen LogP contribution is 2.40. The molecule has 2 aliphatic rings. The predicted molar refractivity (Wildman–Crippen MR) is 126 cm³/mol. The second-order valence-electron chi connectivity index (χ2n) is 9.56. The molecule has 5 rings (SSSR count). The second kappa shape index (κ2) is 7.80. The van der Waals surface area contributed by atoms with Gasteiger partial charge in [-0.15, -0.1) is 0 Å². The summed E-state index contributed by atoms with van der Waals surface area (Å²) in [4.78, 5) is 3.50. The molecule has 32 heavy (non-hydrogen) atoms. The van der Waals surface area contributed by atoms with Gasteiger partial charge in [-0.1, -0.05) is 11.6 Å². The third-order valence-corrected chi connectivity index (χ3v) is 7.23. The highest BCUT2D eigenvalue weighted by Gasteiger charge is 2.53. The Balaban J connectivity index is 1.64. The van der Waals surface area contributed by atoms with Crippen molar-refractivity contribution in [1.29, 1.82) is 0 Å². The van der Waals surface area contributed by atoms with Gasteiger partial charge in [0.2, 0.25) is 0 Å². The molecular formula is C23H29BClN3O4. The van der Waals surface area contributed by atoms with Crippen molar-refractivity contribution in [3.05, 3.63) is 29.5 Å². The van der Waals surface area contributed by atoms with Crippen molar-refractivity contribution < 1.29 is 18.8 Å². The zero-order chi connectivity index (χ0) is 22.7. The van der Waals surface area contributed by atoms with Gasteiger partial charge >= 0.3 is 7.12 Å². The van der Waals surface area contributed by atoms with Gasteiger partial charge < -0.3 is 23.8 Å². The van der Waals surface area contributed by atoms with Gasteiger partial charge in [-0.05, 0) is 59.1 Å². The molecule has 4 heterocycles. The van der Waals surface area contributed by atoms with Crippen molar-refractivity contribution in [3.63, 3.8) is 0 Å². The van der Waals surface area contributed by atoms with E-state index in [4.69, 9.17) is 30.4 Å². The fourth-order valence-corrected chi connectivity index (χ4v) is 4.62. The van der Waals surface area contributed by atoms with Crippen LogP contribution in [0, 0.1) is 0 Å². The minimum Gasteiger partial charge on any atom is -0.495 e. The Kier molecular flexibility index (Phi) is 5.32. The van der Waals surface area contributed by atoms with E-state index < -0.39 is 18.3 Å². The Labute approximate surface area is 193 Å². The van der Waals surface area contributed by atoms with Gasteiger partial charge in [0.1, 0.15) is 12.0 Å². The number of H-pyrrole nitrogens is 1. The fraction of sp³-hybridized carbons (Fsp3) is 0.522. The van der Waals surface area contributed by atoms with E-state index in [1.54, 1.807) is 7.11 Å². The van der Waals surface area contributed by atoms with Gasteiger partial charge in [0.05, 0.1) is 35.1 Å². The third kappa shape index (κ3) is 3.54. The number of hydrogen-bond acceptors (Lipinski definition) is 5. The van der Waals surface area contributed by atoms with Crippen molar-refractivity contribution in [2.75, 3.05) is 13.7 Å². The first-order valence-corrected chi connectivity index (χ1v) is 11.5. The van der Waals surface area contributed by atoms with Crippen LogP contribution in [0.25, 0.3) is 22.0 Å². The van der Waals surface area contributed by atoms with Gasteiger partial charge in [-0.3, -0.25) is 0 Å². The van der Waals surface area contributed by atoms with Gasteiger partial charge in [-0.25, -0.2) is 4.68 Å². The summed E-state index contributed by atoms with van der Waals surface area (Å²) in [5.74, 6) is 0.614. The maximum Gasteiger partial charge on any atom is 0.512 e. The van der Waals surface area contributed by atoms with Crippen molar-refractivity contribution in [3.8, 4) is 16.9 Å². The lowest BCUT2D eigenvalue weighted by atomic mass is 9.80. The first-order valence-electron chi connectivity index (χ1n) is 11.1. The molecule has 0 bridgehead atoms. The lowest BCUT2D eigenvalue weighted by Crippen LogP contribution is -2.41. The van der Waals surface area contributed by atoms with Crippen molar-refractivity contribution >= 4 is 35.2 Å². The summed E-state index contributed by atoms with van der Waals surface area (Å²) >= 11 is 6.43. The van der Waals surface area contributed by atoms with Crippen molar-refractivity contribution in [1.82, 2.24) is 14.8 Å². The zero-order valence-corrected chi connectivity index (χ0v) is 20.0. The van der Waals surface area contributed by atoms with Gasteiger partial charge in [-0.2, -0.15) is 5.10 Å². The van der Waals surface area contributed by atoms with E-state index in [0.717, 1.165) is 53.5 Å². The van der Waals surface area contributed by atoms with E-state index in [1.165, 1.54) is 0 Å². The molecule has 2 fully saturated rings. The molecular weight excluding hydrogens is 429 g/mol. The van der Waals surface area contributed by atoms with Crippen LogP contribution in [-0.2, 0) is 14.0 Å². The molecule has 0 aliphatic carbocycles. The first kappa shape index (κ1) is 21.8. The van der Waals surface area contributed by atoms with Crippen LogP contribution in [0.5, 0.6) is 5.75 Å². The molecule has 2 aromatic heterocycles. The average Bonchev–Trinajstić information content (AvgIpc) is 3.42. The summed E-state index contributed by atoms with van der Waals surface area (Å²) in [6.45, 7) is 8.96. The number of benzene rings is 1. The zero-order valence-electron chi connectivity index (χ0n) is 19.2. The Bertz CT molecular complexity index is 1130. The standard InChI is InChI=1S/C23H29BClN3O4/c1-22(2)23(3,4)32-24(31-22)21-20(15-10-18(29-5)16(25)11-17(15)27-21)14-12-26-28(13-14)19-8-6-7-9-30-19/h10-13,19,27H,6-9H2,1-5H3. The minimum absolute atomic E-state index is 0.0352. The number of halogens is 1. The largest absolute Gasteiger partial charge is 0.512 e. The normalized spacial score (nSPS) is 22.6. The van der Waals surface area contributed by atoms with Gasteiger partial charge in [0.15, 0.2) is 0 Å². The highest BCUT2D eigenvalue weighted by atomic mass is 35.5. The molecule has 7 nitrogen and oxygen atoms in total. The molecule has 0 saturated carbocycles. The van der Waals surface area contributed by atoms with Crippen LogP contribution in [-0.4, -0.2) is 46.8 Å². The first-order chi connectivity index (χ1) is 15.2. The minimum atomic E-state index is -0.554. The average molecular weight is 458 g/mol. The number of ether oxygens (including phenoxy) is 2. The number of fused-ring (bicyclic) bond motifs is 1. The molecule has 1 unspecified atom stereocenters. The predicted octanol–water partition coefficient (Wildman–Crippen LogP) is 4.69. The molecule has 0 amide bonds. The summed E-state index contributed by atoms with van der Waals surface area (Å²) in [5, 5.41) is 6.14. The van der Waals surface area contributed by atoms with E-state index in [1.807, 2.05) is 56.9 Å². The van der Waals surface area contributed by atoms with Crippen LogP contribution in [0.4, 0.5) is 0 Å². The van der Waals surface area contributed by atoms with E-state index in [9.17, 15) is 0 Å². The summed E-state index contributed by atoms with van der Waals surface area (Å²) in [7, 11) is 1.06. The Morgan fingerprint density at radius 2 is 1.94 bits per heavy atom. The van der Waals surface area contributed by atoms with Crippen molar-refractivity contribution in [2.45, 2.75) is 64.4 Å². The molecule has 0 spiro atoms. The van der Waals surface area contributed by atoms with Gasteiger partial charge in [0, 0.05) is 34.8 Å². The monoisotopic (exact) mass is 457 g/mol. The number of nitrogens with one attached hydrogen (secondary N) is 1. The Morgan fingerprint density at radius 1 is 1.19 bits per heavy atom. The van der Waals surface area contributed by atoms with E-state index in [0.29, 0.717) is 10.8 Å². The maximum atomic E-state index is 6.43. The molecule has 0 radical (unpaired) electrons. The van der Waals surface area contributed by atoms with Crippen LogP contribution >= 0.6 is 11.6 Å². The molecule has 1 aromatic carbocycles. The number of hydrogen-bond donors (Lipinski definition) is 1. The van der Waals surface area contributed by atoms with E-state index in [2.05, 4.69) is 10.1 Å². The number of aromatic amines is 1. The second-order valence-corrected chi connectivity index (χ2v) is 9.97. The molecule has 1 atom stereocenters. The SMILES string of the molecule is COc1cc2c(-c3cnn(C4CCCCO4)c3)c(B3OC(C)(C)C(C)(C)O3)[nH]c2cc1Cl. The van der Waals surface area contributed by atoms with Gasteiger partial charge in [0.25, 0.3) is 0 Å². The number of rotatable bonds is 4. The lowest BCUT2D eigenvalue weighted by molar-refractivity contribution is -0.0394. The summed E-state index contributed by atoms with van der Waals surface area (Å²) in [6.07, 6.45) is 7.07. The van der Waals surface area contributed by atoms with Crippen LogP contribution in [0.15, 0.2) is 24.5 Å². The fourth-order valence-electron chi connectivity index (χ4n) is 4.38. The molecule has 1 N–H and O–H groups in total. The number of aromatic nitrogens is 3. The van der Waals surface area contributed by atoms with E-state index >= 15 is 0 Å². The Morgan fingerprint density at radius 3 is 2.59 bits per heavy atom. The molecule has 9 heteroatoms. The lowest BCUT2D eigenvalue weighted by Gasteiger charge is -2.32. The summed E-state index contributed by atoms with van der Waals surface area (Å²) in [6, 6.07) is 3.83. The van der Waals surface area contributed by atoms with Crippen LogP contribution < -0.4 is 10.3 Å². The number of nitrogens with zero attached hydrogens (tertiary/aromatic N) is 2. The quantitative estimate of drug-likeness (QED) is 0.575. The maximum absolute atomic E-state index is 6.43. The third-order valence-electron chi connectivity index (χ3n) is 6.93. The smallest absolute Gasteiger partial charge is 0.495 e. The molecule has 2 saturated heterocycles. The van der Waals surface area contributed by atoms with Crippen LogP contribution in [0.2, 0.25) is 5.02 Å². The highest BCUT2D eigenvalue weighted by molar-refractivity contribution is 6.64. The summed E-state index contributed by atoms with van der Waals surface area (Å²) in [5.41, 5.74) is 2.74. The number of methoxy groups -OCH3 is 1. The molecule has 3 aromatic rings. The Hall–Kier alpha value is -2.00. The molecule has 2 aliphatic heterocycles. The van der Waals surface area contributed by atoms with Crippen LogP contribution in [0.3, 0.4) is 0 Å². The topological polar surface area (TPSA) is 70.5 Å². The molecule has 170 valence electrons. The van der Waals surface area contributed by atoms with E-state index in [-0.39, 0.29) is 6.23 Å².